The molecule has 2 N–H and O–H groups in total. The number of anilines is 1. The Labute approximate surface area is 147 Å². The van der Waals surface area contributed by atoms with Gasteiger partial charge in [0.05, 0.1) is 10.0 Å². The van der Waals surface area contributed by atoms with Crippen LogP contribution in [-0.2, 0) is 0 Å². The number of carbonyl (C=O) groups excluding carboxylic acids is 1. The molecule has 2 aliphatic rings. The van der Waals surface area contributed by atoms with Crippen LogP contribution in [0.4, 0.5) is 10.5 Å². The van der Waals surface area contributed by atoms with E-state index in [4.69, 9.17) is 23.2 Å². The molecule has 0 radical (unpaired) electrons. The second kappa shape index (κ2) is 7.73. The summed E-state index contributed by atoms with van der Waals surface area (Å²) in [7, 11) is 0. The largest absolute Gasteiger partial charge is 0.335 e. The minimum Gasteiger partial charge on any atom is -0.335 e. The number of nitrogens with zero attached hydrogens (tertiary/aromatic N) is 1. The molecular weight excluding hydrogens is 333 g/mol. The van der Waals surface area contributed by atoms with E-state index < -0.39 is 0 Å². The molecule has 23 heavy (non-hydrogen) atoms. The van der Waals surface area contributed by atoms with Crippen molar-refractivity contribution >= 4 is 34.9 Å². The van der Waals surface area contributed by atoms with Gasteiger partial charge in [-0.3, -0.25) is 0 Å². The highest BCUT2D eigenvalue weighted by Crippen LogP contribution is 2.27. The van der Waals surface area contributed by atoms with Gasteiger partial charge in [0.15, 0.2) is 0 Å². The number of amides is 2. The van der Waals surface area contributed by atoms with Crippen LogP contribution < -0.4 is 10.6 Å². The summed E-state index contributed by atoms with van der Waals surface area (Å²) in [6, 6.07) is 5.93. The van der Waals surface area contributed by atoms with Crippen molar-refractivity contribution in [3.63, 3.8) is 0 Å². The fourth-order valence-corrected chi connectivity index (χ4v) is 3.90. The number of piperidine rings is 1. The molecular formula is C17H23Cl2N3O. The summed E-state index contributed by atoms with van der Waals surface area (Å²) >= 11 is 11.8. The standard InChI is InChI=1S/C17H23Cl2N3O/c18-15-6-5-13(11-16(15)19)21-17(23)20-12-7-9-22(10-8-12)14-3-1-2-4-14/h5-6,11-12,14H,1-4,7-10H2,(H2,20,21,23). The molecule has 1 aromatic rings. The van der Waals surface area contributed by atoms with Gasteiger partial charge in [-0.15, -0.1) is 0 Å². The van der Waals surface area contributed by atoms with Crippen LogP contribution in [0.1, 0.15) is 38.5 Å². The number of carbonyl (C=O) groups is 1. The van der Waals surface area contributed by atoms with E-state index >= 15 is 0 Å². The summed E-state index contributed by atoms with van der Waals surface area (Å²) in [6.45, 7) is 2.17. The van der Waals surface area contributed by atoms with E-state index in [0.717, 1.165) is 32.0 Å². The molecule has 1 aromatic carbocycles. The smallest absolute Gasteiger partial charge is 0.319 e. The van der Waals surface area contributed by atoms with E-state index in [-0.39, 0.29) is 12.1 Å². The fourth-order valence-electron chi connectivity index (χ4n) is 3.60. The van der Waals surface area contributed by atoms with Crippen molar-refractivity contribution < 1.29 is 4.79 Å². The van der Waals surface area contributed by atoms with Gasteiger partial charge >= 0.3 is 6.03 Å². The molecule has 126 valence electrons. The van der Waals surface area contributed by atoms with Crippen molar-refractivity contribution in [2.24, 2.45) is 0 Å². The van der Waals surface area contributed by atoms with Gasteiger partial charge in [0.2, 0.25) is 0 Å². The molecule has 1 saturated carbocycles. The van der Waals surface area contributed by atoms with Crippen LogP contribution >= 0.6 is 23.2 Å². The van der Waals surface area contributed by atoms with Crippen molar-refractivity contribution in [2.45, 2.75) is 50.6 Å². The Bertz CT molecular complexity index is 553. The molecule has 2 amide bonds. The quantitative estimate of drug-likeness (QED) is 0.836. The number of likely N-dealkylation sites (tertiary alicyclic amines) is 1. The van der Waals surface area contributed by atoms with Crippen LogP contribution in [0.5, 0.6) is 0 Å². The number of hydrogen-bond acceptors (Lipinski definition) is 2. The zero-order valence-electron chi connectivity index (χ0n) is 13.2. The molecule has 0 aromatic heterocycles. The maximum Gasteiger partial charge on any atom is 0.319 e. The Hall–Kier alpha value is -0.970. The first-order chi connectivity index (χ1) is 11.1. The molecule has 0 atom stereocenters. The molecule has 1 aliphatic carbocycles. The molecule has 0 spiro atoms. The number of halogens is 2. The summed E-state index contributed by atoms with van der Waals surface area (Å²) in [5, 5.41) is 6.80. The van der Waals surface area contributed by atoms with Gasteiger partial charge < -0.3 is 15.5 Å². The molecule has 1 saturated heterocycles. The third-order valence-electron chi connectivity index (χ3n) is 4.88. The molecule has 1 aliphatic heterocycles. The van der Waals surface area contributed by atoms with Crippen molar-refractivity contribution in [1.29, 1.82) is 0 Å². The first-order valence-corrected chi connectivity index (χ1v) is 9.14. The Kier molecular flexibility index (Phi) is 5.67. The lowest BCUT2D eigenvalue weighted by Gasteiger charge is -2.36. The summed E-state index contributed by atoms with van der Waals surface area (Å²) in [6.07, 6.45) is 7.46. The number of urea groups is 1. The third-order valence-corrected chi connectivity index (χ3v) is 5.62. The predicted octanol–water partition coefficient (Wildman–Crippen LogP) is 4.52. The topological polar surface area (TPSA) is 44.4 Å². The van der Waals surface area contributed by atoms with Gasteiger partial charge in [0.1, 0.15) is 0 Å². The fraction of sp³-hybridized carbons (Fsp3) is 0.588. The number of benzene rings is 1. The van der Waals surface area contributed by atoms with Crippen LogP contribution in [0.3, 0.4) is 0 Å². The first-order valence-electron chi connectivity index (χ1n) is 8.38. The van der Waals surface area contributed by atoms with E-state index in [1.54, 1.807) is 18.2 Å². The summed E-state index contributed by atoms with van der Waals surface area (Å²) in [4.78, 5) is 14.7. The second-order valence-corrected chi connectivity index (χ2v) is 7.29. The average molecular weight is 356 g/mol. The van der Waals surface area contributed by atoms with Crippen molar-refractivity contribution in [3.8, 4) is 0 Å². The second-order valence-electron chi connectivity index (χ2n) is 6.48. The van der Waals surface area contributed by atoms with Crippen molar-refractivity contribution in [3.05, 3.63) is 28.2 Å². The van der Waals surface area contributed by atoms with E-state index in [0.29, 0.717) is 15.7 Å². The van der Waals surface area contributed by atoms with Crippen LogP contribution in [0.15, 0.2) is 18.2 Å². The van der Waals surface area contributed by atoms with Crippen LogP contribution in [-0.4, -0.2) is 36.1 Å². The molecule has 4 nitrogen and oxygen atoms in total. The monoisotopic (exact) mass is 355 g/mol. The highest BCUT2D eigenvalue weighted by Gasteiger charge is 2.27. The van der Waals surface area contributed by atoms with E-state index in [1.807, 2.05) is 0 Å². The van der Waals surface area contributed by atoms with Crippen molar-refractivity contribution in [2.75, 3.05) is 18.4 Å². The van der Waals surface area contributed by atoms with Crippen LogP contribution in [0.25, 0.3) is 0 Å². The minimum absolute atomic E-state index is 0.178. The Morgan fingerprint density at radius 2 is 1.74 bits per heavy atom. The predicted molar refractivity (Wildman–Crippen MR) is 95.5 cm³/mol. The van der Waals surface area contributed by atoms with E-state index in [2.05, 4.69) is 15.5 Å². The molecule has 1 heterocycles. The highest BCUT2D eigenvalue weighted by molar-refractivity contribution is 6.42. The number of rotatable bonds is 3. The van der Waals surface area contributed by atoms with E-state index in [1.165, 1.54) is 25.7 Å². The van der Waals surface area contributed by atoms with Gasteiger partial charge in [-0.05, 0) is 43.9 Å². The Morgan fingerprint density at radius 1 is 1.04 bits per heavy atom. The third kappa shape index (κ3) is 4.52. The summed E-state index contributed by atoms with van der Waals surface area (Å²) < 4.78 is 0. The van der Waals surface area contributed by atoms with Gasteiger partial charge in [-0.1, -0.05) is 36.0 Å². The lowest BCUT2D eigenvalue weighted by molar-refractivity contribution is 0.147. The van der Waals surface area contributed by atoms with Gasteiger partial charge in [-0.25, -0.2) is 4.79 Å². The SMILES string of the molecule is O=C(Nc1ccc(Cl)c(Cl)c1)NC1CCN(C2CCCC2)CC1. The number of hydrogen-bond donors (Lipinski definition) is 2. The van der Waals surface area contributed by atoms with Gasteiger partial charge in [-0.2, -0.15) is 0 Å². The Morgan fingerprint density at radius 3 is 2.39 bits per heavy atom. The lowest BCUT2D eigenvalue weighted by Crippen LogP contribution is -2.48. The molecule has 2 fully saturated rings. The zero-order chi connectivity index (χ0) is 16.2. The van der Waals surface area contributed by atoms with Gasteiger partial charge in [0.25, 0.3) is 0 Å². The zero-order valence-corrected chi connectivity index (χ0v) is 14.7. The summed E-state index contributed by atoms with van der Waals surface area (Å²) in [5.41, 5.74) is 0.653. The van der Waals surface area contributed by atoms with Crippen molar-refractivity contribution in [1.82, 2.24) is 10.2 Å². The molecule has 6 heteroatoms. The molecule has 0 bridgehead atoms. The molecule has 0 unspecified atom stereocenters. The van der Waals surface area contributed by atoms with Crippen LogP contribution in [0, 0.1) is 0 Å². The lowest BCUT2D eigenvalue weighted by atomic mass is 10.0. The maximum atomic E-state index is 12.1. The van der Waals surface area contributed by atoms with Gasteiger partial charge in [0, 0.05) is 30.9 Å². The summed E-state index contributed by atoms with van der Waals surface area (Å²) in [5.74, 6) is 0. The average Bonchev–Trinajstić information content (AvgIpc) is 3.06. The first kappa shape index (κ1) is 16.9. The van der Waals surface area contributed by atoms with Crippen LogP contribution in [0.2, 0.25) is 10.0 Å². The Balaban J connectivity index is 1.44. The van der Waals surface area contributed by atoms with E-state index in [9.17, 15) is 4.79 Å². The number of nitrogens with one attached hydrogen (secondary N) is 2. The normalized spacial score (nSPS) is 20.6. The highest BCUT2D eigenvalue weighted by atomic mass is 35.5. The molecule has 3 rings (SSSR count). The maximum absolute atomic E-state index is 12.1. The minimum atomic E-state index is -0.178.